The standard InChI is InChI=1S/C14H13FN6OS3/c1-2-16-13-20-21-14(25-13)23-7-10-18-19-12(24-10)11(22)17-9-5-3-8(15)4-6-9/h3-6H,2,7H2,1H3,(H,16,20)(H,17,22). The van der Waals surface area contributed by atoms with Crippen molar-refractivity contribution in [2.75, 3.05) is 17.2 Å². The number of anilines is 2. The van der Waals surface area contributed by atoms with Gasteiger partial charge in [-0.25, -0.2) is 4.39 Å². The summed E-state index contributed by atoms with van der Waals surface area (Å²) in [6.45, 7) is 2.79. The van der Waals surface area contributed by atoms with Crippen molar-refractivity contribution >= 4 is 51.2 Å². The SMILES string of the molecule is CCNc1nnc(SCc2nnc(C(=O)Nc3ccc(F)cc3)s2)s1. The number of hydrogen-bond donors (Lipinski definition) is 2. The second-order valence-electron chi connectivity index (χ2n) is 4.65. The number of halogens is 1. The second-order valence-corrected chi connectivity index (χ2v) is 7.92. The molecule has 7 nitrogen and oxygen atoms in total. The third kappa shape index (κ3) is 4.94. The quantitative estimate of drug-likeness (QED) is 0.590. The predicted octanol–water partition coefficient (Wildman–Crippen LogP) is 3.51. The van der Waals surface area contributed by atoms with Crippen LogP contribution in [0.4, 0.5) is 15.2 Å². The maximum Gasteiger partial charge on any atom is 0.286 e. The van der Waals surface area contributed by atoms with E-state index in [1.807, 2.05) is 6.92 Å². The van der Waals surface area contributed by atoms with E-state index in [-0.39, 0.29) is 16.7 Å². The van der Waals surface area contributed by atoms with E-state index in [4.69, 9.17) is 0 Å². The molecule has 2 aromatic heterocycles. The number of thioether (sulfide) groups is 1. The van der Waals surface area contributed by atoms with Gasteiger partial charge in [0.25, 0.3) is 5.91 Å². The highest BCUT2D eigenvalue weighted by molar-refractivity contribution is 8.00. The van der Waals surface area contributed by atoms with E-state index in [9.17, 15) is 9.18 Å². The number of nitrogens with zero attached hydrogens (tertiary/aromatic N) is 4. The molecule has 3 rings (SSSR count). The second kappa shape index (κ2) is 8.32. The average molecular weight is 396 g/mol. The van der Waals surface area contributed by atoms with Crippen LogP contribution in [0.2, 0.25) is 0 Å². The lowest BCUT2D eigenvalue weighted by Gasteiger charge is -2.01. The van der Waals surface area contributed by atoms with E-state index >= 15 is 0 Å². The number of hydrogen-bond acceptors (Lipinski definition) is 9. The molecule has 0 radical (unpaired) electrons. The van der Waals surface area contributed by atoms with Gasteiger partial charge in [-0.15, -0.1) is 20.4 Å². The first kappa shape index (κ1) is 17.7. The van der Waals surface area contributed by atoms with Gasteiger partial charge < -0.3 is 10.6 Å². The van der Waals surface area contributed by atoms with Gasteiger partial charge in [-0.05, 0) is 31.2 Å². The maximum atomic E-state index is 12.9. The zero-order chi connectivity index (χ0) is 17.6. The summed E-state index contributed by atoms with van der Waals surface area (Å²) in [4.78, 5) is 12.1. The summed E-state index contributed by atoms with van der Waals surface area (Å²) in [7, 11) is 0. The minimum absolute atomic E-state index is 0.255. The third-order valence-corrected chi connectivity index (χ3v) is 5.95. The van der Waals surface area contributed by atoms with Crippen LogP contribution in [0.5, 0.6) is 0 Å². The molecule has 3 aromatic rings. The molecule has 0 saturated heterocycles. The summed E-state index contributed by atoms with van der Waals surface area (Å²) < 4.78 is 13.7. The molecule has 0 unspecified atom stereocenters. The van der Waals surface area contributed by atoms with Crippen LogP contribution < -0.4 is 10.6 Å². The smallest absolute Gasteiger partial charge is 0.286 e. The van der Waals surface area contributed by atoms with Crippen LogP contribution in [0.25, 0.3) is 0 Å². The van der Waals surface area contributed by atoms with Crippen molar-refractivity contribution < 1.29 is 9.18 Å². The van der Waals surface area contributed by atoms with Crippen molar-refractivity contribution in [1.82, 2.24) is 20.4 Å². The average Bonchev–Trinajstić information content (AvgIpc) is 3.25. The van der Waals surface area contributed by atoms with Gasteiger partial charge in [-0.3, -0.25) is 4.79 Å². The van der Waals surface area contributed by atoms with Crippen molar-refractivity contribution in [2.45, 2.75) is 17.0 Å². The van der Waals surface area contributed by atoms with Gasteiger partial charge in [-0.1, -0.05) is 34.4 Å². The van der Waals surface area contributed by atoms with Crippen LogP contribution in [-0.2, 0) is 5.75 Å². The number of rotatable bonds is 7. The molecule has 11 heteroatoms. The zero-order valence-electron chi connectivity index (χ0n) is 13.0. The molecule has 0 aliphatic carbocycles. The Kier molecular flexibility index (Phi) is 5.89. The van der Waals surface area contributed by atoms with Crippen molar-refractivity contribution in [3.8, 4) is 0 Å². The minimum atomic E-state index is -0.370. The Morgan fingerprint density at radius 3 is 2.72 bits per heavy atom. The predicted molar refractivity (Wildman–Crippen MR) is 97.9 cm³/mol. The van der Waals surface area contributed by atoms with E-state index in [0.717, 1.165) is 21.0 Å². The topological polar surface area (TPSA) is 92.7 Å². The van der Waals surface area contributed by atoms with Crippen molar-refractivity contribution in [3.05, 3.63) is 40.1 Å². The Morgan fingerprint density at radius 1 is 1.16 bits per heavy atom. The number of aromatic nitrogens is 4. The number of nitrogens with one attached hydrogen (secondary N) is 2. The molecule has 0 spiro atoms. The molecule has 25 heavy (non-hydrogen) atoms. The highest BCUT2D eigenvalue weighted by atomic mass is 32.2. The first-order valence-corrected chi connectivity index (χ1v) is 9.85. The lowest BCUT2D eigenvalue weighted by Crippen LogP contribution is -2.11. The lowest BCUT2D eigenvalue weighted by molar-refractivity contribution is 0.102. The van der Waals surface area contributed by atoms with Gasteiger partial charge in [0.1, 0.15) is 10.8 Å². The molecule has 2 N–H and O–H groups in total. The first-order chi connectivity index (χ1) is 12.1. The summed E-state index contributed by atoms with van der Waals surface area (Å²) in [5.74, 6) is -0.171. The van der Waals surface area contributed by atoms with Gasteiger partial charge in [-0.2, -0.15) is 0 Å². The van der Waals surface area contributed by atoms with Crippen molar-refractivity contribution in [2.24, 2.45) is 0 Å². The Morgan fingerprint density at radius 2 is 1.96 bits per heavy atom. The van der Waals surface area contributed by atoms with Crippen LogP contribution in [0.15, 0.2) is 28.6 Å². The van der Waals surface area contributed by atoms with E-state index in [1.165, 1.54) is 58.7 Å². The van der Waals surface area contributed by atoms with Crippen LogP contribution >= 0.6 is 34.4 Å². The lowest BCUT2D eigenvalue weighted by atomic mass is 10.3. The van der Waals surface area contributed by atoms with Crippen LogP contribution in [0, 0.1) is 5.82 Å². The number of carbonyl (C=O) groups is 1. The van der Waals surface area contributed by atoms with E-state index in [0.29, 0.717) is 11.4 Å². The van der Waals surface area contributed by atoms with Gasteiger partial charge >= 0.3 is 0 Å². The molecule has 0 fully saturated rings. The fourth-order valence-electron chi connectivity index (χ4n) is 1.74. The largest absolute Gasteiger partial charge is 0.360 e. The molecule has 0 atom stereocenters. The van der Waals surface area contributed by atoms with Gasteiger partial charge in [0, 0.05) is 12.2 Å². The zero-order valence-corrected chi connectivity index (χ0v) is 15.5. The molecule has 0 aliphatic rings. The van der Waals surface area contributed by atoms with E-state index < -0.39 is 0 Å². The minimum Gasteiger partial charge on any atom is -0.360 e. The molecule has 0 bridgehead atoms. The summed E-state index contributed by atoms with van der Waals surface area (Å²) in [6.07, 6.45) is 0. The molecular formula is C14H13FN6OS3. The molecule has 1 amide bonds. The fraction of sp³-hybridized carbons (Fsp3) is 0.214. The molecule has 1 aromatic carbocycles. The molecule has 130 valence electrons. The van der Waals surface area contributed by atoms with Crippen LogP contribution in [0.1, 0.15) is 21.7 Å². The summed E-state index contributed by atoms with van der Waals surface area (Å²) in [5, 5.41) is 23.5. The van der Waals surface area contributed by atoms with Gasteiger partial charge in [0.2, 0.25) is 10.1 Å². The molecule has 0 saturated carbocycles. The van der Waals surface area contributed by atoms with Crippen LogP contribution in [0.3, 0.4) is 0 Å². The van der Waals surface area contributed by atoms with Gasteiger partial charge in [0.05, 0.1) is 5.75 Å². The molecule has 0 aliphatic heterocycles. The summed E-state index contributed by atoms with van der Waals surface area (Å²) in [6, 6.07) is 5.54. The molecule has 2 heterocycles. The molecular weight excluding hydrogens is 383 g/mol. The van der Waals surface area contributed by atoms with E-state index in [1.54, 1.807) is 0 Å². The van der Waals surface area contributed by atoms with E-state index in [2.05, 4.69) is 31.0 Å². The number of benzene rings is 1. The van der Waals surface area contributed by atoms with Crippen LogP contribution in [-0.4, -0.2) is 32.8 Å². The van der Waals surface area contributed by atoms with Crippen molar-refractivity contribution in [3.63, 3.8) is 0 Å². The third-order valence-electron chi connectivity index (χ3n) is 2.82. The maximum absolute atomic E-state index is 12.9. The normalized spacial score (nSPS) is 10.6. The summed E-state index contributed by atoms with van der Waals surface area (Å²) in [5.41, 5.74) is 0.502. The Hall–Kier alpha value is -2.11. The number of carbonyl (C=O) groups excluding carboxylic acids is 1. The fourth-order valence-corrected chi connectivity index (χ4v) is 4.28. The Balaban J connectivity index is 1.55. The summed E-state index contributed by atoms with van der Waals surface area (Å²) >= 11 is 4.17. The van der Waals surface area contributed by atoms with Gasteiger partial charge in [0.15, 0.2) is 4.34 Å². The highest BCUT2D eigenvalue weighted by Gasteiger charge is 2.14. The highest BCUT2D eigenvalue weighted by Crippen LogP contribution is 2.29. The Labute approximate surface area is 155 Å². The Bertz CT molecular complexity index is 850. The monoisotopic (exact) mass is 396 g/mol. The number of amides is 1. The van der Waals surface area contributed by atoms with Crippen molar-refractivity contribution in [1.29, 1.82) is 0 Å². The first-order valence-electron chi connectivity index (χ1n) is 7.23.